The van der Waals surface area contributed by atoms with Gasteiger partial charge in [0.05, 0.1) is 0 Å². The molecule has 0 aliphatic carbocycles. The molecule has 2 heteroatoms. The number of hydrogen-bond donors (Lipinski definition) is 0. The van der Waals surface area contributed by atoms with E-state index in [0.717, 1.165) is 5.70 Å². The zero-order valence-electron chi connectivity index (χ0n) is 8.96. The summed E-state index contributed by atoms with van der Waals surface area (Å²) in [6, 6.07) is 1.08. The van der Waals surface area contributed by atoms with Gasteiger partial charge in [-0.3, -0.25) is 0 Å². The summed E-state index contributed by atoms with van der Waals surface area (Å²) in [6.07, 6.45) is 2.06. The maximum absolute atomic E-state index is 3.99. The first-order valence-electron chi connectivity index (χ1n) is 4.27. The Balaban J connectivity index is 0. The quantitative estimate of drug-likeness (QED) is 0.686. The fourth-order valence-electron chi connectivity index (χ4n) is 1.41. The monoisotopic (exact) mass is 243 g/mol. The van der Waals surface area contributed by atoms with Crippen LogP contribution in [0.4, 0.5) is 0 Å². The fourth-order valence-corrected chi connectivity index (χ4v) is 1.41. The zero-order chi connectivity index (χ0) is 9.02. The Morgan fingerprint density at radius 2 is 1.50 bits per heavy atom. The van der Waals surface area contributed by atoms with E-state index in [1.807, 2.05) is 6.92 Å². The van der Waals surface area contributed by atoms with Crippen molar-refractivity contribution in [1.29, 1.82) is 0 Å². The maximum Gasteiger partial charge on any atom is 0.0203 e. The molecule has 0 aliphatic rings. The smallest absolute Gasteiger partial charge is 0.0203 e. The van der Waals surface area contributed by atoms with Gasteiger partial charge in [0.1, 0.15) is 0 Å². The van der Waals surface area contributed by atoms with Crippen LogP contribution in [-0.2, 0) is 32.7 Å². The molecule has 0 spiro atoms. The SMILES string of the molecule is C=C([CH-]C)N(C(C)C)C(C)C.[Y]. The van der Waals surface area contributed by atoms with E-state index >= 15 is 0 Å². The second-order valence-electron chi connectivity index (χ2n) is 3.37. The second kappa shape index (κ2) is 6.97. The fraction of sp³-hybridized carbons (Fsp3) is 0.700. The van der Waals surface area contributed by atoms with Gasteiger partial charge in [0.25, 0.3) is 0 Å². The van der Waals surface area contributed by atoms with Gasteiger partial charge in [-0.1, -0.05) is 0 Å². The van der Waals surface area contributed by atoms with Crippen LogP contribution >= 0.6 is 0 Å². The molecule has 0 aromatic heterocycles. The van der Waals surface area contributed by atoms with Crippen LogP contribution < -0.4 is 0 Å². The first-order valence-corrected chi connectivity index (χ1v) is 4.27. The second-order valence-corrected chi connectivity index (χ2v) is 3.37. The first-order chi connectivity index (χ1) is 5.00. The molecule has 0 amide bonds. The Morgan fingerprint density at radius 1 is 1.17 bits per heavy atom. The molecule has 0 atom stereocenters. The third kappa shape index (κ3) is 4.52. The third-order valence-corrected chi connectivity index (χ3v) is 1.78. The van der Waals surface area contributed by atoms with Crippen LogP contribution in [0.5, 0.6) is 0 Å². The van der Waals surface area contributed by atoms with Crippen molar-refractivity contribution in [2.45, 2.75) is 46.7 Å². The van der Waals surface area contributed by atoms with Crippen molar-refractivity contribution >= 4 is 0 Å². The summed E-state index contributed by atoms with van der Waals surface area (Å²) in [5.41, 5.74) is 1.12. The Hall–Kier alpha value is 0.514. The summed E-state index contributed by atoms with van der Waals surface area (Å²) in [7, 11) is 0. The van der Waals surface area contributed by atoms with Crippen LogP contribution in [0.15, 0.2) is 12.3 Å². The third-order valence-electron chi connectivity index (χ3n) is 1.78. The zero-order valence-corrected chi connectivity index (χ0v) is 11.8. The largest absolute Gasteiger partial charge is 0.400 e. The molecular weight excluding hydrogens is 223 g/mol. The Bertz CT molecular complexity index is 122. The van der Waals surface area contributed by atoms with Gasteiger partial charge in [-0.05, 0) is 27.7 Å². The molecule has 0 heterocycles. The van der Waals surface area contributed by atoms with Crippen molar-refractivity contribution in [3.63, 3.8) is 0 Å². The summed E-state index contributed by atoms with van der Waals surface area (Å²) >= 11 is 0. The minimum atomic E-state index is 0. The molecule has 1 nitrogen and oxygen atoms in total. The van der Waals surface area contributed by atoms with Crippen molar-refractivity contribution < 1.29 is 32.7 Å². The maximum atomic E-state index is 3.99. The summed E-state index contributed by atoms with van der Waals surface area (Å²) in [5.74, 6) is 0. The number of rotatable bonds is 4. The predicted octanol–water partition coefficient (Wildman–Crippen LogP) is 2.84. The van der Waals surface area contributed by atoms with E-state index in [1.54, 1.807) is 0 Å². The van der Waals surface area contributed by atoms with Gasteiger partial charge in [0, 0.05) is 44.8 Å². The molecule has 1 radical (unpaired) electrons. The van der Waals surface area contributed by atoms with E-state index in [1.165, 1.54) is 0 Å². The average molecular weight is 243 g/mol. The van der Waals surface area contributed by atoms with Crippen molar-refractivity contribution in [3.8, 4) is 0 Å². The molecule has 0 aromatic rings. The summed E-state index contributed by atoms with van der Waals surface area (Å²) in [6.45, 7) is 14.8. The van der Waals surface area contributed by atoms with Gasteiger partial charge in [-0.25, -0.2) is 13.0 Å². The van der Waals surface area contributed by atoms with Gasteiger partial charge < -0.3 is 4.90 Å². The number of allylic oxidation sites excluding steroid dienone is 1. The van der Waals surface area contributed by atoms with E-state index in [0.29, 0.717) is 12.1 Å². The standard InChI is InChI=1S/C10H20N.Y/c1-7-10(6)11(8(2)3)9(4)5;/h7-9H,6H2,1-5H3;/q-1;. The molecule has 0 saturated carbocycles. The van der Waals surface area contributed by atoms with Crippen molar-refractivity contribution in [3.05, 3.63) is 18.7 Å². The van der Waals surface area contributed by atoms with Crippen molar-refractivity contribution in [2.24, 2.45) is 0 Å². The topological polar surface area (TPSA) is 3.24 Å². The van der Waals surface area contributed by atoms with Gasteiger partial charge in [0.2, 0.25) is 0 Å². The van der Waals surface area contributed by atoms with E-state index in [2.05, 4.69) is 45.6 Å². The Labute approximate surface area is 102 Å². The van der Waals surface area contributed by atoms with E-state index < -0.39 is 0 Å². The van der Waals surface area contributed by atoms with Gasteiger partial charge in [-0.15, -0.1) is 12.6 Å². The summed E-state index contributed by atoms with van der Waals surface area (Å²) < 4.78 is 0. The molecule has 0 bridgehead atoms. The molecule has 0 N–H and O–H groups in total. The molecule has 69 valence electrons. The molecule has 0 rings (SSSR count). The van der Waals surface area contributed by atoms with Crippen LogP contribution in [0.2, 0.25) is 0 Å². The molecule has 0 saturated heterocycles. The van der Waals surface area contributed by atoms with Crippen molar-refractivity contribution in [1.82, 2.24) is 4.90 Å². The minimum absolute atomic E-state index is 0. The summed E-state index contributed by atoms with van der Waals surface area (Å²) in [4.78, 5) is 2.31. The van der Waals surface area contributed by atoms with E-state index in [9.17, 15) is 0 Å². The van der Waals surface area contributed by atoms with Crippen molar-refractivity contribution in [2.75, 3.05) is 0 Å². The van der Waals surface area contributed by atoms with Crippen LogP contribution in [0, 0.1) is 6.42 Å². The van der Waals surface area contributed by atoms with Crippen LogP contribution in [-0.4, -0.2) is 17.0 Å². The van der Waals surface area contributed by atoms with Gasteiger partial charge in [0.15, 0.2) is 0 Å². The van der Waals surface area contributed by atoms with Crippen LogP contribution in [0.3, 0.4) is 0 Å². The molecule has 0 aliphatic heterocycles. The van der Waals surface area contributed by atoms with Crippen LogP contribution in [0.1, 0.15) is 34.6 Å². The molecule has 12 heavy (non-hydrogen) atoms. The van der Waals surface area contributed by atoms with Gasteiger partial charge >= 0.3 is 0 Å². The molecule has 0 aromatic carbocycles. The predicted molar refractivity (Wildman–Crippen MR) is 51.2 cm³/mol. The number of nitrogens with zero attached hydrogens (tertiary/aromatic N) is 1. The van der Waals surface area contributed by atoms with E-state index in [-0.39, 0.29) is 32.7 Å². The summed E-state index contributed by atoms with van der Waals surface area (Å²) in [5, 5.41) is 0. The van der Waals surface area contributed by atoms with Crippen LogP contribution in [0.25, 0.3) is 0 Å². The number of hydrogen-bond acceptors (Lipinski definition) is 1. The first kappa shape index (κ1) is 15.0. The normalized spacial score (nSPS) is 9.58. The molecule has 0 unspecified atom stereocenters. The average Bonchev–Trinajstić information content (AvgIpc) is 1.85. The molecular formula is C10H20NY-. The Morgan fingerprint density at radius 3 is 1.58 bits per heavy atom. The van der Waals surface area contributed by atoms with E-state index in [4.69, 9.17) is 0 Å². The van der Waals surface area contributed by atoms with Gasteiger partial charge in [-0.2, -0.15) is 0 Å². The molecule has 0 fully saturated rings. The minimum Gasteiger partial charge on any atom is -0.400 e. The Kier molecular flexibility index (Phi) is 8.72.